The van der Waals surface area contributed by atoms with Crippen LogP contribution in [0.2, 0.25) is 0 Å². The van der Waals surface area contributed by atoms with Crippen LogP contribution in [0, 0.1) is 10.7 Å². The van der Waals surface area contributed by atoms with Crippen molar-refractivity contribution in [1.29, 1.82) is 0 Å². The third kappa shape index (κ3) is 3.72. The number of aromatic amines is 1. The van der Waals surface area contributed by atoms with E-state index in [1.807, 2.05) is 0 Å². The molecule has 5 heteroatoms. The van der Waals surface area contributed by atoms with Gasteiger partial charge in [0, 0.05) is 20.1 Å². The maximum Gasteiger partial charge on any atom is 0.195 e. The van der Waals surface area contributed by atoms with Crippen LogP contribution in [0.4, 0.5) is 0 Å². The summed E-state index contributed by atoms with van der Waals surface area (Å²) >= 11 is 5.21. The summed E-state index contributed by atoms with van der Waals surface area (Å²) in [5.41, 5.74) is 0. The summed E-state index contributed by atoms with van der Waals surface area (Å²) in [4.78, 5) is 0. The number of hydrogen-bond acceptors (Lipinski definition) is 3. The van der Waals surface area contributed by atoms with E-state index in [1.54, 1.807) is 7.11 Å². The molecule has 0 aliphatic rings. The van der Waals surface area contributed by atoms with Crippen LogP contribution in [0.1, 0.15) is 33.0 Å². The molecule has 0 aliphatic carbocycles. The molecule has 1 aromatic heterocycles. The Bertz CT molecular complexity index is 370. The summed E-state index contributed by atoms with van der Waals surface area (Å²) in [6.07, 6.45) is 2.13. The standard InChI is InChI=1S/C11H21N3OS/c1-8(2)7-14-10(12-13-11(14)16)6-5-9(3)15-4/h8-9H,5-7H2,1-4H3,(H,13,16). The Morgan fingerprint density at radius 1 is 1.44 bits per heavy atom. The predicted octanol–water partition coefficient (Wildman–Crippen LogP) is 2.56. The highest BCUT2D eigenvalue weighted by Gasteiger charge is 2.09. The number of ether oxygens (including phenoxy) is 1. The van der Waals surface area contributed by atoms with E-state index < -0.39 is 0 Å². The number of rotatable bonds is 6. The normalized spacial score (nSPS) is 13.3. The van der Waals surface area contributed by atoms with Crippen LogP contribution in [-0.4, -0.2) is 28.0 Å². The Balaban J connectivity index is 2.69. The van der Waals surface area contributed by atoms with E-state index >= 15 is 0 Å². The van der Waals surface area contributed by atoms with E-state index in [2.05, 4.69) is 35.5 Å². The first kappa shape index (κ1) is 13.4. The fourth-order valence-corrected chi connectivity index (χ4v) is 1.77. The molecule has 0 fully saturated rings. The van der Waals surface area contributed by atoms with Crippen molar-refractivity contribution in [1.82, 2.24) is 14.8 Å². The predicted molar refractivity (Wildman–Crippen MR) is 67.0 cm³/mol. The van der Waals surface area contributed by atoms with Crippen molar-refractivity contribution in [2.75, 3.05) is 7.11 Å². The first-order chi connectivity index (χ1) is 7.54. The molecule has 1 heterocycles. The summed E-state index contributed by atoms with van der Waals surface area (Å²) in [6, 6.07) is 0. The van der Waals surface area contributed by atoms with Gasteiger partial charge in [0.25, 0.3) is 0 Å². The number of aromatic nitrogens is 3. The van der Waals surface area contributed by atoms with E-state index in [1.165, 1.54) is 0 Å². The van der Waals surface area contributed by atoms with Gasteiger partial charge in [-0.05, 0) is 31.5 Å². The summed E-state index contributed by atoms with van der Waals surface area (Å²) < 4.78 is 8.03. The van der Waals surface area contributed by atoms with E-state index in [4.69, 9.17) is 17.0 Å². The molecule has 0 aromatic carbocycles. The first-order valence-corrected chi connectivity index (χ1v) is 6.12. The molecule has 1 unspecified atom stereocenters. The van der Waals surface area contributed by atoms with Gasteiger partial charge in [0.05, 0.1) is 6.10 Å². The Hall–Kier alpha value is -0.680. The van der Waals surface area contributed by atoms with Gasteiger partial charge >= 0.3 is 0 Å². The number of nitrogens with zero attached hydrogens (tertiary/aromatic N) is 2. The minimum Gasteiger partial charge on any atom is -0.382 e. The highest BCUT2D eigenvalue weighted by molar-refractivity contribution is 7.71. The van der Waals surface area contributed by atoms with Crippen LogP contribution >= 0.6 is 12.2 Å². The maximum absolute atomic E-state index is 5.23. The maximum atomic E-state index is 5.23. The third-order valence-electron chi connectivity index (χ3n) is 2.56. The van der Waals surface area contributed by atoms with Crippen molar-refractivity contribution < 1.29 is 4.74 Å². The zero-order chi connectivity index (χ0) is 12.1. The van der Waals surface area contributed by atoms with E-state index in [-0.39, 0.29) is 6.10 Å². The van der Waals surface area contributed by atoms with Gasteiger partial charge in [-0.2, -0.15) is 5.10 Å². The molecule has 0 bridgehead atoms. The third-order valence-corrected chi connectivity index (χ3v) is 2.87. The molecule has 4 nitrogen and oxygen atoms in total. The molecule has 1 N–H and O–H groups in total. The van der Waals surface area contributed by atoms with E-state index in [0.717, 1.165) is 25.2 Å². The van der Waals surface area contributed by atoms with Crippen molar-refractivity contribution in [3.63, 3.8) is 0 Å². The second-order valence-electron chi connectivity index (χ2n) is 4.53. The van der Waals surface area contributed by atoms with Crippen molar-refractivity contribution in [3.8, 4) is 0 Å². The molecular formula is C11H21N3OS. The number of hydrogen-bond donors (Lipinski definition) is 1. The summed E-state index contributed by atoms with van der Waals surface area (Å²) in [7, 11) is 1.73. The second-order valence-corrected chi connectivity index (χ2v) is 4.92. The fraction of sp³-hybridized carbons (Fsp3) is 0.818. The molecule has 0 saturated heterocycles. The zero-order valence-corrected chi connectivity index (χ0v) is 11.3. The molecule has 16 heavy (non-hydrogen) atoms. The lowest BCUT2D eigenvalue weighted by molar-refractivity contribution is 0.110. The quantitative estimate of drug-likeness (QED) is 0.781. The van der Waals surface area contributed by atoms with Gasteiger partial charge in [-0.3, -0.25) is 5.10 Å². The van der Waals surface area contributed by atoms with Crippen LogP contribution in [0.3, 0.4) is 0 Å². The monoisotopic (exact) mass is 243 g/mol. The van der Waals surface area contributed by atoms with Gasteiger partial charge < -0.3 is 9.30 Å². The number of nitrogens with one attached hydrogen (secondary N) is 1. The average Bonchev–Trinajstić information content (AvgIpc) is 2.56. The lowest BCUT2D eigenvalue weighted by atomic mass is 10.2. The highest BCUT2D eigenvalue weighted by Crippen LogP contribution is 2.08. The van der Waals surface area contributed by atoms with Gasteiger partial charge in [-0.1, -0.05) is 13.8 Å². The van der Waals surface area contributed by atoms with Crippen molar-refractivity contribution >= 4 is 12.2 Å². The SMILES string of the molecule is COC(C)CCc1n[nH]c(=S)n1CC(C)C. The molecule has 1 atom stereocenters. The van der Waals surface area contributed by atoms with Crippen molar-refractivity contribution in [2.24, 2.45) is 5.92 Å². The smallest absolute Gasteiger partial charge is 0.195 e. The Labute approximate surface area is 102 Å². The van der Waals surface area contributed by atoms with Crippen LogP contribution in [0.25, 0.3) is 0 Å². The fourth-order valence-electron chi connectivity index (χ4n) is 1.54. The molecule has 0 radical (unpaired) electrons. The summed E-state index contributed by atoms with van der Waals surface area (Å²) in [5.74, 6) is 1.60. The largest absolute Gasteiger partial charge is 0.382 e. The Kier molecular flexibility index (Phi) is 5.15. The van der Waals surface area contributed by atoms with Crippen molar-refractivity contribution in [3.05, 3.63) is 10.6 Å². The zero-order valence-electron chi connectivity index (χ0n) is 10.5. The van der Waals surface area contributed by atoms with E-state index in [9.17, 15) is 0 Å². The molecular weight excluding hydrogens is 222 g/mol. The van der Waals surface area contributed by atoms with Gasteiger partial charge in [0.1, 0.15) is 5.82 Å². The average molecular weight is 243 g/mol. The number of aryl methyl sites for hydroxylation is 1. The molecule has 1 rings (SSSR count). The highest BCUT2D eigenvalue weighted by atomic mass is 32.1. The minimum absolute atomic E-state index is 0.262. The first-order valence-electron chi connectivity index (χ1n) is 5.71. The summed E-state index contributed by atoms with van der Waals surface area (Å²) in [6.45, 7) is 7.34. The van der Waals surface area contributed by atoms with Gasteiger partial charge in [0.2, 0.25) is 0 Å². The van der Waals surface area contributed by atoms with Crippen molar-refractivity contribution in [2.45, 2.75) is 46.3 Å². The van der Waals surface area contributed by atoms with Gasteiger partial charge in [-0.25, -0.2) is 0 Å². The lowest BCUT2D eigenvalue weighted by Gasteiger charge is -2.11. The molecule has 1 aromatic rings. The van der Waals surface area contributed by atoms with E-state index in [0.29, 0.717) is 10.7 Å². The van der Waals surface area contributed by atoms with Crippen LogP contribution in [0.5, 0.6) is 0 Å². The number of H-pyrrole nitrogens is 1. The minimum atomic E-state index is 0.262. The van der Waals surface area contributed by atoms with Gasteiger partial charge in [0.15, 0.2) is 4.77 Å². The molecule has 0 saturated carbocycles. The molecule has 0 spiro atoms. The van der Waals surface area contributed by atoms with Crippen LogP contribution < -0.4 is 0 Å². The Morgan fingerprint density at radius 3 is 2.69 bits per heavy atom. The molecule has 0 aliphatic heterocycles. The summed E-state index contributed by atoms with van der Waals surface area (Å²) in [5, 5.41) is 7.12. The Morgan fingerprint density at radius 2 is 2.12 bits per heavy atom. The lowest BCUT2D eigenvalue weighted by Crippen LogP contribution is -2.12. The van der Waals surface area contributed by atoms with Crippen LogP contribution in [0.15, 0.2) is 0 Å². The topological polar surface area (TPSA) is 42.8 Å². The second kappa shape index (κ2) is 6.15. The molecule has 0 amide bonds. The number of methoxy groups -OCH3 is 1. The van der Waals surface area contributed by atoms with Gasteiger partial charge in [-0.15, -0.1) is 0 Å². The molecule has 92 valence electrons. The van der Waals surface area contributed by atoms with Crippen LogP contribution in [-0.2, 0) is 17.7 Å².